The Kier molecular flexibility index (Phi) is 4.80. The third-order valence-corrected chi connectivity index (χ3v) is 4.78. The second kappa shape index (κ2) is 6.76. The van der Waals surface area contributed by atoms with Gasteiger partial charge in [-0.2, -0.15) is 5.10 Å². The maximum absolute atomic E-state index is 12.3. The molecule has 0 aliphatic carbocycles. The first-order valence-electron chi connectivity index (χ1n) is 9.03. The molecular weight excluding hydrogens is 328 g/mol. The number of nitrogens with zero attached hydrogens (tertiary/aromatic N) is 3. The molecule has 0 bridgehead atoms. The van der Waals surface area contributed by atoms with E-state index in [4.69, 9.17) is 10.5 Å². The van der Waals surface area contributed by atoms with Crippen molar-refractivity contribution in [1.29, 1.82) is 0 Å². The van der Waals surface area contributed by atoms with Gasteiger partial charge in [0.05, 0.1) is 6.20 Å². The smallest absolute Gasteiger partial charge is 0.410 e. The lowest BCUT2D eigenvalue weighted by Gasteiger charge is -2.40. The Hall–Kier alpha value is -2.34. The molecule has 2 aromatic rings. The maximum Gasteiger partial charge on any atom is 0.410 e. The van der Waals surface area contributed by atoms with Crippen molar-refractivity contribution in [3.8, 4) is 11.1 Å². The Morgan fingerprint density at radius 3 is 2.50 bits per heavy atom. The van der Waals surface area contributed by atoms with Gasteiger partial charge >= 0.3 is 6.09 Å². The number of carbonyl (C=O) groups is 1. The molecule has 6 nitrogen and oxygen atoms in total. The lowest BCUT2D eigenvalue weighted by atomic mass is 9.81. The number of hydrogen-bond donors (Lipinski definition) is 1. The minimum absolute atomic E-state index is 0.260. The summed E-state index contributed by atoms with van der Waals surface area (Å²) in [7, 11) is 1.91. The Bertz CT molecular complexity index is 783. The average molecular weight is 356 g/mol. The van der Waals surface area contributed by atoms with E-state index in [0.717, 1.165) is 16.7 Å². The molecule has 0 saturated carbocycles. The third-order valence-electron chi connectivity index (χ3n) is 4.78. The van der Waals surface area contributed by atoms with Crippen molar-refractivity contribution in [2.75, 3.05) is 13.1 Å². The van der Waals surface area contributed by atoms with Gasteiger partial charge in [0.15, 0.2) is 0 Å². The summed E-state index contributed by atoms with van der Waals surface area (Å²) in [6.07, 6.45) is 5.01. The van der Waals surface area contributed by atoms with E-state index >= 15 is 0 Å². The zero-order valence-electron chi connectivity index (χ0n) is 16.0. The van der Waals surface area contributed by atoms with Crippen molar-refractivity contribution in [2.24, 2.45) is 12.8 Å². The number of carbonyl (C=O) groups excluding carboxylic acids is 1. The van der Waals surface area contributed by atoms with E-state index in [1.165, 1.54) is 0 Å². The van der Waals surface area contributed by atoms with Crippen LogP contribution in [0.5, 0.6) is 0 Å². The normalized spacial score (nSPS) is 17.2. The van der Waals surface area contributed by atoms with Crippen LogP contribution in [0.2, 0.25) is 0 Å². The third kappa shape index (κ3) is 4.07. The lowest BCUT2D eigenvalue weighted by Crippen LogP contribution is -2.50. The van der Waals surface area contributed by atoms with Gasteiger partial charge in [0.2, 0.25) is 0 Å². The number of ether oxygens (including phenoxy) is 1. The zero-order chi connectivity index (χ0) is 18.9. The molecule has 0 unspecified atom stereocenters. The van der Waals surface area contributed by atoms with E-state index in [0.29, 0.717) is 25.9 Å². The molecule has 0 radical (unpaired) electrons. The highest BCUT2D eigenvalue weighted by molar-refractivity contribution is 5.68. The predicted octanol–water partition coefficient (Wildman–Crippen LogP) is 3.27. The number of benzene rings is 1. The van der Waals surface area contributed by atoms with Gasteiger partial charge in [-0.1, -0.05) is 18.2 Å². The molecule has 6 heteroatoms. The first-order chi connectivity index (χ1) is 12.2. The van der Waals surface area contributed by atoms with E-state index in [1.807, 2.05) is 46.3 Å². The van der Waals surface area contributed by atoms with Crippen LogP contribution in [0.25, 0.3) is 11.1 Å². The summed E-state index contributed by atoms with van der Waals surface area (Å²) in [5, 5.41) is 4.24. The fraction of sp³-hybridized carbons (Fsp3) is 0.500. The van der Waals surface area contributed by atoms with Crippen LogP contribution in [0.4, 0.5) is 4.79 Å². The number of nitrogens with two attached hydrogens (primary N) is 1. The second-order valence-electron chi connectivity index (χ2n) is 8.11. The topological polar surface area (TPSA) is 73.4 Å². The number of rotatable bonds is 2. The molecule has 3 rings (SSSR count). The number of aryl methyl sites for hydroxylation is 1. The van der Waals surface area contributed by atoms with Crippen molar-refractivity contribution in [2.45, 2.75) is 44.8 Å². The van der Waals surface area contributed by atoms with Crippen molar-refractivity contribution >= 4 is 6.09 Å². The summed E-state index contributed by atoms with van der Waals surface area (Å²) in [6, 6.07) is 8.31. The van der Waals surface area contributed by atoms with Crippen molar-refractivity contribution in [1.82, 2.24) is 14.7 Å². The number of aromatic nitrogens is 2. The van der Waals surface area contributed by atoms with E-state index in [2.05, 4.69) is 23.3 Å². The predicted molar refractivity (Wildman–Crippen MR) is 102 cm³/mol. The monoisotopic (exact) mass is 356 g/mol. The number of likely N-dealkylation sites (tertiary alicyclic amines) is 1. The molecule has 1 aromatic heterocycles. The highest BCUT2D eigenvalue weighted by atomic mass is 16.6. The van der Waals surface area contributed by atoms with Crippen LogP contribution in [0.1, 0.15) is 39.2 Å². The number of hydrogen-bond acceptors (Lipinski definition) is 4. The van der Waals surface area contributed by atoms with Crippen LogP contribution in [-0.4, -0.2) is 39.5 Å². The van der Waals surface area contributed by atoms with E-state index in [9.17, 15) is 4.79 Å². The summed E-state index contributed by atoms with van der Waals surface area (Å²) < 4.78 is 7.26. The summed E-state index contributed by atoms with van der Waals surface area (Å²) in [6.45, 7) is 6.84. The van der Waals surface area contributed by atoms with Gasteiger partial charge in [0.25, 0.3) is 0 Å². The van der Waals surface area contributed by atoms with Gasteiger partial charge in [0.1, 0.15) is 5.60 Å². The van der Waals surface area contributed by atoms with Crippen LogP contribution in [0, 0.1) is 0 Å². The summed E-state index contributed by atoms with van der Waals surface area (Å²) in [5.41, 5.74) is 9.09. The molecule has 0 atom stereocenters. The first-order valence-corrected chi connectivity index (χ1v) is 9.03. The van der Waals surface area contributed by atoms with Crippen LogP contribution in [0.15, 0.2) is 36.7 Å². The van der Waals surface area contributed by atoms with Crippen molar-refractivity contribution in [3.63, 3.8) is 0 Å². The molecular formula is C20H28N4O2. The highest BCUT2D eigenvalue weighted by Crippen LogP contribution is 2.33. The van der Waals surface area contributed by atoms with Crippen LogP contribution < -0.4 is 5.73 Å². The SMILES string of the molecule is Cn1cc(-c2cccc(C3(N)CCN(C(=O)OC(C)(C)C)CC3)c2)cn1. The van der Waals surface area contributed by atoms with Gasteiger partial charge in [-0.05, 0) is 50.8 Å². The molecule has 2 N–H and O–H groups in total. The van der Waals surface area contributed by atoms with E-state index < -0.39 is 11.1 Å². The van der Waals surface area contributed by atoms with Gasteiger partial charge < -0.3 is 15.4 Å². The molecule has 1 aromatic carbocycles. The first kappa shape index (κ1) is 18.5. The van der Waals surface area contributed by atoms with Crippen LogP contribution in [0.3, 0.4) is 0 Å². The standard InChI is InChI=1S/C20H28N4O2/c1-19(2,3)26-18(25)24-10-8-20(21,9-11-24)17-7-5-6-15(12-17)16-13-22-23(4)14-16/h5-7,12-14H,8-11,21H2,1-4H3. The molecule has 26 heavy (non-hydrogen) atoms. The molecule has 1 aliphatic rings. The minimum atomic E-state index is -0.480. The molecule has 1 fully saturated rings. The summed E-state index contributed by atoms with van der Waals surface area (Å²) in [4.78, 5) is 14.0. The van der Waals surface area contributed by atoms with Gasteiger partial charge in [-0.15, -0.1) is 0 Å². The number of amides is 1. The fourth-order valence-electron chi connectivity index (χ4n) is 3.28. The number of piperidine rings is 1. The quantitative estimate of drug-likeness (QED) is 0.896. The van der Waals surface area contributed by atoms with Crippen LogP contribution >= 0.6 is 0 Å². The molecule has 0 spiro atoms. The van der Waals surface area contributed by atoms with Crippen molar-refractivity contribution in [3.05, 3.63) is 42.2 Å². The van der Waals surface area contributed by atoms with E-state index in [1.54, 1.807) is 9.58 Å². The molecule has 1 aliphatic heterocycles. The summed E-state index contributed by atoms with van der Waals surface area (Å²) in [5.74, 6) is 0. The average Bonchev–Trinajstić information content (AvgIpc) is 3.00. The van der Waals surface area contributed by atoms with Crippen molar-refractivity contribution < 1.29 is 9.53 Å². The Labute approximate surface area is 154 Å². The fourth-order valence-corrected chi connectivity index (χ4v) is 3.28. The van der Waals surface area contributed by atoms with Gasteiger partial charge in [-0.25, -0.2) is 4.79 Å². The highest BCUT2D eigenvalue weighted by Gasteiger charge is 2.35. The Balaban J connectivity index is 1.72. The molecule has 140 valence electrons. The zero-order valence-corrected chi connectivity index (χ0v) is 16.0. The summed E-state index contributed by atoms with van der Waals surface area (Å²) >= 11 is 0. The Morgan fingerprint density at radius 1 is 1.23 bits per heavy atom. The minimum Gasteiger partial charge on any atom is -0.444 e. The molecule has 1 saturated heterocycles. The van der Waals surface area contributed by atoms with Gasteiger partial charge in [0, 0.05) is 37.4 Å². The van der Waals surface area contributed by atoms with Gasteiger partial charge in [-0.3, -0.25) is 4.68 Å². The maximum atomic E-state index is 12.3. The second-order valence-corrected chi connectivity index (χ2v) is 8.11. The molecule has 2 heterocycles. The largest absolute Gasteiger partial charge is 0.444 e. The van der Waals surface area contributed by atoms with E-state index in [-0.39, 0.29) is 6.09 Å². The molecule has 1 amide bonds. The Morgan fingerprint density at radius 2 is 1.92 bits per heavy atom. The van der Waals surface area contributed by atoms with Crippen LogP contribution in [-0.2, 0) is 17.3 Å². The lowest BCUT2D eigenvalue weighted by molar-refractivity contribution is 0.0166.